The number of carbonyl (C=O) groups excluding carboxylic acids is 1. The van der Waals surface area contributed by atoms with Crippen LogP contribution >= 0.6 is 11.3 Å². The number of carbonyl (C=O) groups is 2. The van der Waals surface area contributed by atoms with Crippen molar-refractivity contribution in [1.82, 2.24) is 15.5 Å². The molecule has 0 radical (unpaired) electrons. The molecule has 10 heteroatoms. The van der Waals surface area contributed by atoms with Crippen LogP contribution in [0.3, 0.4) is 0 Å². The number of hydrogen-bond donors (Lipinski definition) is 4. The predicted molar refractivity (Wildman–Crippen MR) is 117 cm³/mol. The third-order valence-electron chi connectivity index (χ3n) is 5.47. The SMILES string of the molecule is C=CNC1=CCC(N2C(=O)NCC2c2ccc(-c3csc(C(=O)O)c3)c(F)c2F)C=C1N. The molecule has 2 atom stereocenters. The first kappa shape index (κ1) is 21.6. The molecule has 1 aromatic carbocycles. The normalized spacial score (nSPS) is 20.4. The molecule has 1 fully saturated rings. The largest absolute Gasteiger partial charge is 0.477 e. The fourth-order valence-corrected chi connectivity index (χ4v) is 4.70. The average molecular weight is 458 g/mol. The van der Waals surface area contributed by atoms with E-state index in [2.05, 4.69) is 17.2 Å². The first-order valence-electron chi connectivity index (χ1n) is 9.73. The van der Waals surface area contributed by atoms with Gasteiger partial charge in [0.25, 0.3) is 0 Å². The average Bonchev–Trinajstić information content (AvgIpc) is 3.39. The monoisotopic (exact) mass is 458 g/mol. The lowest BCUT2D eigenvalue weighted by Crippen LogP contribution is -2.40. The number of benzene rings is 1. The molecule has 5 N–H and O–H groups in total. The molecule has 2 aromatic rings. The van der Waals surface area contributed by atoms with Crippen molar-refractivity contribution in [2.75, 3.05) is 6.54 Å². The molecule has 1 aliphatic carbocycles. The topological polar surface area (TPSA) is 108 Å². The molecule has 4 rings (SSSR count). The molecule has 2 unspecified atom stereocenters. The lowest BCUT2D eigenvalue weighted by Gasteiger charge is -2.32. The van der Waals surface area contributed by atoms with Crippen LogP contribution in [0, 0.1) is 11.6 Å². The molecule has 1 aromatic heterocycles. The second kappa shape index (κ2) is 8.46. The highest BCUT2D eigenvalue weighted by atomic mass is 32.1. The Balaban J connectivity index is 1.65. The van der Waals surface area contributed by atoms with E-state index in [4.69, 9.17) is 10.8 Å². The predicted octanol–water partition coefficient (Wildman–Crippen LogP) is 3.69. The number of hydrogen-bond acceptors (Lipinski definition) is 5. The maximum absolute atomic E-state index is 15.1. The number of halogens is 2. The Hall–Kier alpha value is -3.66. The summed E-state index contributed by atoms with van der Waals surface area (Å²) in [4.78, 5) is 25.1. The highest BCUT2D eigenvalue weighted by Gasteiger charge is 2.39. The highest BCUT2D eigenvalue weighted by molar-refractivity contribution is 7.12. The molecule has 1 aliphatic heterocycles. The summed E-state index contributed by atoms with van der Waals surface area (Å²) in [6, 6.07) is 2.56. The number of carboxylic acids is 1. The molecule has 32 heavy (non-hydrogen) atoms. The van der Waals surface area contributed by atoms with Crippen LogP contribution in [0.2, 0.25) is 0 Å². The van der Waals surface area contributed by atoms with Gasteiger partial charge in [0.05, 0.1) is 23.5 Å². The third kappa shape index (κ3) is 3.73. The van der Waals surface area contributed by atoms with Crippen LogP contribution in [0.25, 0.3) is 11.1 Å². The number of nitrogens with one attached hydrogen (secondary N) is 2. The number of aromatic carboxylic acids is 1. The Morgan fingerprint density at radius 1 is 1.38 bits per heavy atom. The van der Waals surface area contributed by atoms with E-state index in [0.29, 0.717) is 17.8 Å². The van der Waals surface area contributed by atoms with Crippen LogP contribution in [-0.4, -0.2) is 34.6 Å². The molecule has 166 valence electrons. The van der Waals surface area contributed by atoms with Crippen molar-refractivity contribution in [1.29, 1.82) is 0 Å². The highest BCUT2D eigenvalue weighted by Crippen LogP contribution is 2.36. The first-order valence-corrected chi connectivity index (χ1v) is 10.6. The van der Waals surface area contributed by atoms with Gasteiger partial charge in [-0.15, -0.1) is 11.3 Å². The van der Waals surface area contributed by atoms with Crippen molar-refractivity contribution < 1.29 is 23.5 Å². The van der Waals surface area contributed by atoms with Gasteiger partial charge in [-0.25, -0.2) is 18.4 Å². The number of nitrogens with zero attached hydrogens (tertiary/aromatic N) is 1. The van der Waals surface area contributed by atoms with Gasteiger partial charge < -0.3 is 26.4 Å². The molecule has 2 amide bonds. The molecular weight excluding hydrogens is 438 g/mol. The minimum absolute atomic E-state index is 0.0284. The van der Waals surface area contributed by atoms with Crippen LogP contribution in [0.4, 0.5) is 13.6 Å². The van der Waals surface area contributed by atoms with E-state index in [1.54, 1.807) is 6.08 Å². The summed E-state index contributed by atoms with van der Waals surface area (Å²) in [6.07, 6.45) is 5.45. The standard InChI is InChI=1S/C22H20F2N4O3S/c1-2-26-16-6-3-12(8-15(16)25)28-17(9-27-22(28)31)14-5-4-13(19(23)20(14)24)11-7-18(21(29)30)32-10-11/h2,4-8,10,12,17,26H,1,3,9,25H2,(H,27,31)(H,29,30). The minimum Gasteiger partial charge on any atom is -0.477 e. The Labute approximate surface area is 186 Å². The van der Waals surface area contributed by atoms with E-state index in [-0.39, 0.29) is 28.1 Å². The number of nitrogens with two attached hydrogens (primary N) is 1. The van der Waals surface area contributed by atoms with Gasteiger partial charge in [0.15, 0.2) is 11.6 Å². The fourth-order valence-electron chi connectivity index (χ4n) is 3.96. The second-order valence-electron chi connectivity index (χ2n) is 7.34. The van der Waals surface area contributed by atoms with Crippen molar-refractivity contribution in [3.05, 3.63) is 82.0 Å². The summed E-state index contributed by atoms with van der Waals surface area (Å²) in [5, 5.41) is 16.1. The van der Waals surface area contributed by atoms with Gasteiger partial charge in [0.2, 0.25) is 0 Å². The number of rotatable bonds is 6. The van der Waals surface area contributed by atoms with Gasteiger partial charge in [-0.2, -0.15) is 0 Å². The van der Waals surface area contributed by atoms with Gasteiger partial charge >= 0.3 is 12.0 Å². The van der Waals surface area contributed by atoms with Crippen molar-refractivity contribution in [2.45, 2.75) is 18.5 Å². The zero-order chi connectivity index (χ0) is 23.0. The van der Waals surface area contributed by atoms with E-state index in [9.17, 15) is 14.0 Å². The quantitative estimate of drug-likeness (QED) is 0.528. The van der Waals surface area contributed by atoms with E-state index >= 15 is 4.39 Å². The Bertz CT molecular complexity index is 1170. The first-order chi connectivity index (χ1) is 15.3. The van der Waals surface area contributed by atoms with Crippen LogP contribution in [0.5, 0.6) is 0 Å². The summed E-state index contributed by atoms with van der Waals surface area (Å²) in [5.41, 5.74) is 7.43. The van der Waals surface area contributed by atoms with E-state index in [0.717, 1.165) is 11.3 Å². The number of thiophene rings is 1. The summed E-state index contributed by atoms with van der Waals surface area (Å²) >= 11 is 0.933. The molecule has 1 saturated heterocycles. The van der Waals surface area contributed by atoms with Crippen molar-refractivity contribution in [3.63, 3.8) is 0 Å². The number of carboxylic acid groups (broad SMARTS) is 1. The summed E-state index contributed by atoms with van der Waals surface area (Å²) in [5.74, 6) is -3.30. The molecular formula is C22H20F2N4O3S. The Morgan fingerprint density at radius 3 is 2.81 bits per heavy atom. The minimum atomic E-state index is -1.13. The maximum Gasteiger partial charge on any atom is 0.345 e. The van der Waals surface area contributed by atoms with Crippen LogP contribution < -0.4 is 16.4 Å². The van der Waals surface area contributed by atoms with Gasteiger partial charge in [-0.05, 0) is 35.7 Å². The lowest BCUT2D eigenvalue weighted by molar-refractivity contribution is 0.0702. The van der Waals surface area contributed by atoms with Crippen LogP contribution in [0.15, 0.2) is 59.9 Å². The zero-order valence-electron chi connectivity index (χ0n) is 16.8. The molecule has 7 nitrogen and oxygen atoms in total. The van der Waals surface area contributed by atoms with Crippen LogP contribution in [-0.2, 0) is 0 Å². The maximum atomic E-state index is 15.1. The molecule has 0 saturated carbocycles. The zero-order valence-corrected chi connectivity index (χ0v) is 17.6. The second-order valence-corrected chi connectivity index (χ2v) is 8.25. The molecule has 2 aliphatic rings. The van der Waals surface area contributed by atoms with Gasteiger partial charge in [0.1, 0.15) is 4.88 Å². The number of amides is 2. The van der Waals surface area contributed by atoms with Crippen LogP contribution in [0.1, 0.15) is 27.7 Å². The van der Waals surface area contributed by atoms with Crippen molar-refractivity contribution >= 4 is 23.3 Å². The summed E-state index contributed by atoms with van der Waals surface area (Å²) < 4.78 is 30.1. The third-order valence-corrected chi connectivity index (χ3v) is 6.39. The smallest absolute Gasteiger partial charge is 0.345 e. The summed E-state index contributed by atoms with van der Waals surface area (Å²) in [6.45, 7) is 3.70. The van der Waals surface area contributed by atoms with E-state index < -0.39 is 35.7 Å². The Kier molecular flexibility index (Phi) is 5.70. The molecule has 0 spiro atoms. The van der Waals surface area contributed by atoms with Gasteiger partial charge in [-0.3, -0.25) is 0 Å². The Morgan fingerprint density at radius 2 is 2.16 bits per heavy atom. The number of urea groups is 1. The fraction of sp³-hybridized carbons (Fsp3) is 0.182. The van der Waals surface area contributed by atoms with E-state index in [1.165, 1.54) is 34.7 Å². The van der Waals surface area contributed by atoms with E-state index in [1.807, 2.05) is 6.08 Å². The van der Waals surface area contributed by atoms with Crippen molar-refractivity contribution in [3.8, 4) is 11.1 Å². The lowest BCUT2D eigenvalue weighted by atomic mass is 9.97. The van der Waals surface area contributed by atoms with Gasteiger partial charge in [-0.1, -0.05) is 24.8 Å². The summed E-state index contributed by atoms with van der Waals surface area (Å²) in [7, 11) is 0. The van der Waals surface area contributed by atoms with Gasteiger partial charge in [0, 0.05) is 17.7 Å². The van der Waals surface area contributed by atoms with Crippen molar-refractivity contribution in [2.24, 2.45) is 5.73 Å². The molecule has 2 heterocycles. The molecule has 0 bridgehead atoms.